The number of rotatable bonds is 9. The molecule has 0 spiro atoms. The molecule has 266 valence electrons. The van der Waals surface area contributed by atoms with Crippen LogP contribution in [0, 0.1) is 19.8 Å². The Balaban J connectivity index is 0.000000943. The summed E-state index contributed by atoms with van der Waals surface area (Å²) in [6.07, 6.45) is 8.10. The molecule has 0 saturated carbocycles. The van der Waals surface area contributed by atoms with Crippen molar-refractivity contribution in [1.82, 2.24) is 14.5 Å². The number of nitrogens with two attached hydrogens (primary N) is 1. The van der Waals surface area contributed by atoms with Gasteiger partial charge in [-0.25, -0.2) is 9.97 Å². The van der Waals surface area contributed by atoms with Crippen LogP contribution in [0.3, 0.4) is 0 Å². The number of aromatic nitrogens is 3. The molecule has 0 radical (unpaired) electrons. The Bertz CT molecular complexity index is 2170. The fraction of sp³-hybridized carbons (Fsp3) is 0.282. The summed E-state index contributed by atoms with van der Waals surface area (Å²) < 4.78 is 38.8. The monoisotopic (exact) mass is 710 g/mol. The van der Waals surface area contributed by atoms with Gasteiger partial charge in [0, 0.05) is 73.2 Å². The molecule has 1 fully saturated rings. The minimum Gasteiger partial charge on any atom is -0.481 e. The lowest BCUT2D eigenvalue weighted by molar-refractivity contribution is 0.0612. The topological polar surface area (TPSA) is 164 Å². The van der Waals surface area contributed by atoms with Crippen LogP contribution in [-0.4, -0.2) is 59.9 Å². The van der Waals surface area contributed by atoms with Crippen molar-refractivity contribution in [1.29, 1.82) is 0 Å². The Labute approximate surface area is 297 Å². The molecule has 11 nitrogen and oxygen atoms in total. The Kier molecular flexibility index (Phi) is 11.8. The minimum absolute atomic E-state index is 0.105. The van der Waals surface area contributed by atoms with E-state index in [1.807, 2.05) is 91.3 Å². The summed E-state index contributed by atoms with van der Waals surface area (Å²) in [5.74, 6) is 1.16. The summed E-state index contributed by atoms with van der Waals surface area (Å²) in [5.41, 5.74) is 13.8. The number of carbonyl (C=O) groups excluding carboxylic acids is 1. The molecule has 6 rings (SSSR count). The molecule has 12 heteroatoms. The third-order valence-corrected chi connectivity index (χ3v) is 8.57. The molecule has 1 aliphatic heterocycles. The van der Waals surface area contributed by atoms with E-state index in [-0.39, 0.29) is 23.2 Å². The van der Waals surface area contributed by atoms with Crippen LogP contribution in [0.2, 0.25) is 0 Å². The lowest BCUT2D eigenvalue weighted by Crippen LogP contribution is -2.25. The zero-order valence-corrected chi connectivity index (χ0v) is 29.9. The van der Waals surface area contributed by atoms with E-state index < -0.39 is 10.1 Å². The summed E-state index contributed by atoms with van der Waals surface area (Å²) in [6.45, 7) is 6.14. The molecule has 5 aromatic rings. The standard InChI is InChI=1S/C38H38N4O4.CH4O3S/c1-24-4-8-29(9-5-24)33-22-42(21-27-12-14-46-15-13-27)23-34(37(33)44)35(43)17-26-6-10-28(11-7-26)32-18-31(20-40-38(32)39)30-16-25(2)41-36(19-30)45-3;1-5(2,3)4/h4-11,16,18-20,22-23,27H,12-15,17,21H2,1-3H3,(H2,39,40);1H3,(H,2,3,4). The number of hydrogen-bond donors (Lipinski definition) is 2. The van der Waals surface area contributed by atoms with Gasteiger partial charge in [-0.1, -0.05) is 54.1 Å². The number of pyridine rings is 3. The number of methoxy groups -OCH3 is 1. The van der Waals surface area contributed by atoms with Crippen LogP contribution >= 0.6 is 0 Å². The number of carbonyl (C=O) groups is 1. The highest BCUT2D eigenvalue weighted by Gasteiger charge is 2.20. The molecule has 0 aliphatic carbocycles. The summed E-state index contributed by atoms with van der Waals surface area (Å²) in [7, 11) is -2.08. The first-order valence-corrected chi connectivity index (χ1v) is 18.3. The Morgan fingerprint density at radius 3 is 2.22 bits per heavy atom. The fourth-order valence-corrected chi connectivity index (χ4v) is 5.96. The molecular formula is C39H42N4O7S. The third-order valence-electron chi connectivity index (χ3n) is 8.57. The van der Waals surface area contributed by atoms with Crippen LogP contribution in [0.1, 0.15) is 40.0 Å². The van der Waals surface area contributed by atoms with Crippen molar-refractivity contribution in [3.05, 3.63) is 118 Å². The number of anilines is 1. The van der Waals surface area contributed by atoms with Crippen molar-refractivity contribution < 1.29 is 27.2 Å². The second-order valence-corrected chi connectivity index (χ2v) is 14.2. The van der Waals surface area contributed by atoms with E-state index in [9.17, 15) is 18.0 Å². The number of benzene rings is 2. The molecule has 51 heavy (non-hydrogen) atoms. The van der Waals surface area contributed by atoms with Crippen LogP contribution in [0.15, 0.2) is 90.1 Å². The largest absolute Gasteiger partial charge is 0.481 e. The highest BCUT2D eigenvalue weighted by molar-refractivity contribution is 7.85. The molecule has 3 aromatic heterocycles. The van der Waals surface area contributed by atoms with Gasteiger partial charge in [0.05, 0.1) is 18.9 Å². The zero-order chi connectivity index (χ0) is 36.7. The lowest BCUT2D eigenvalue weighted by atomic mass is 9.96. The van der Waals surface area contributed by atoms with Gasteiger partial charge < -0.3 is 19.8 Å². The van der Waals surface area contributed by atoms with Crippen molar-refractivity contribution in [3.63, 3.8) is 0 Å². The highest BCUT2D eigenvalue weighted by atomic mass is 32.2. The van der Waals surface area contributed by atoms with E-state index in [1.165, 1.54) is 0 Å². The van der Waals surface area contributed by atoms with Crippen molar-refractivity contribution in [2.24, 2.45) is 5.92 Å². The van der Waals surface area contributed by atoms with Gasteiger partial charge >= 0.3 is 0 Å². The number of nitrogen functional groups attached to an aromatic ring is 1. The first kappa shape index (κ1) is 37.1. The molecule has 1 aliphatic rings. The number of ketones is 1. The summed E-state index contributed by atoms with van der Waals surface area (Å²) in [4.78, 5) is 36.3. The summed E-state index contributed by atoms with van der Waals surface area (Å²) in [5, 5.41) is 0. The second kappa shape index (κ2) is 16.2. The molecule has 0 unspecified atom stereocenters. The third kappa shape index (κ3) is 10.2. The van der Waals surface area contributed by atoms with Crippen LogP contribution < -0.4 is 15.9 Å². The van der Waals surface area contributed by atoms with Gasteiger partial charge in [0.25, 0.3) is 10.1 Å². The van der Waals surface area contributed by atoms with Crippen molar-refractivity contribution in [3.8, 4) is 39.3 Å². The molecular weight excluding hydrogens is 669 g/mol. The first-order chi connectivity index (χ1) is 24.3. The van der Waals surface area contributed by atoms with E-state index in [1.54, 1.807) is 19.5 Å². The van der Waals surface area contributed by atoms with Gasteiger partial charge in [-0.2, -0.15) is 8.42 Å². The maximum absolute atomic E-state index is 13.7. The molecule has 0 atom stereocenters. The van der Waals surface area contributed by atoms with E-state index in [0.29, 0.717) is 29.4 Å². The van der Waals surface area contributed by atoms with Crippen LogP contribution in [0.25, 0.3) is 33.4 Å². The predicted molar refractivity (Wildman–Crippen MR) is 199 cm³/mol. The van der Waals surface area contributed by atoms with Gasteiger partial charge in [0.15, 0.2) is 11.2 Å². The number of hydrogen-bond acceptors (Lipinski definition) is 9. The van der Waals surface area contributed by atoms with E-state index in [0.717, 1.165) is 77.2 Å². The average molecular weight is 711 g/mol. The van der Waals surface area contributed by atoms with Gasteiger partial charge in [0.1, 0.15) is 5.82 Å². The van der Waals surface area contributed by atoms with Gasteiger partial charge in [0.2, 0.25) is 5.88 Å². The number of Topliss-reactive ketones (excluding diaryl/α,β-unsaturated/α-hetero) is 1. The minimum atomic E-state index is -3.67. The number of nitrogens with zero attached hydrogens (tertiary/aromatic N) is 3. The predicted octanol–water partition coefficient (Wildman–Crippen LogP) is 6.20. The maximum atomic E-state index is 13.7. The number of aryl methyl sites for hydroxylation is 2. The highest BCUT2D eigenvalue weighted by Crippen LogP contribution is 2.31. The zero-order valence-electron chi connectivity index (χ0n) is 29.1. The van der Waals surface area contributed by atoms with E-state index >= 15 is 0 Å². The molecule has 3 N–H and O–H groups in total. The molecule has 4 heterocycles. The summed E-state index contributed by atoms with van der Waals surface area (Å²) >= 11 is 0. The molecule has 0 bridgehead atoms. The van der Waals surface area contributed by atoms with E-state index in [2.05, 4.69) is 9.97 Å². The van der Waals surface area contributed by atoms with Gasteiger partial charge in [-0.15, -0.1) is 0 Å². The van der Waals surface area contributed by atoms with Crippen molar-refractivity contribution in [2.75, 3.05) is 32.3 Å². The van der Waals surface area contributed by atoms with Gasteiger partial charge in [-0.3, -0.25) is 14.1 Å². The Morgan fingerprint density at radius 1 is 0.941 bits per heavy atom. The van der Waals surface area contributed by atoms with E-state index in [4.69, 9.17) is 19.8 Å². The smallest absolute Gasteiger partial charge is 0.261 e. The van der Waals surface area contributed by atoms with Crippen LogP contribution in [0.4, 0.5) is 5.82 Å². The second-order valence-electron chi connectivity index (χ2n) is 12.8. The normalized spacial score (nSPS) is 13.3. The first-order valence-electron chi connectivity index (χ1n) is 16.5. The molecule has 1 saturated heterocycles. The average Bonchev–Trinajstić information content (AvgIpc) is 3.09. The fourth-order valence-electron chi connectivity index (χ4n) is 5.96. The summed E-state index contributed by atoms with van der Waals surface area (Å²) in [6, 6.07) is 21.4. The van der Waals surface area contributed by atoms with Crippen molar-refractivity contribution in [2.45, 2.75) is 39.7 Å². The Hall–Kier alpha value is -5.17. The van der Waals surface area contributed by atoms with Crippen molar-refractivity contribution >= 4 is 21.7 Å². The van der Waals surface area contributed by atoms with Crippen LogP contribution in [-0.2, 0) is 27.8 Å². The lowest BCUT2D eigenvalue weighted by Gasteiger charge is -2.23. The molecule has 0 amide bonds. The van der Waals surface area contributed by atoms with Crippen LogP contribution in [0.5, 0.6) is 5.88 Å². The molecule has 2 aromatic carbocycles. The SMILES string of the molecule is COc1cc(-c2cnc(N)c(-c3ccc(CC(=O)c4cn(CC5CCOCC5)cc(-c5ccc(C)cc5)c4=O)cc3)c2)cc(C)n1.CS(=O)(=O)O. The Morgan fingerprint density at radius 2 is 1.57 bits per heavy atom. The van der Waals surface area contributed by atoms with Gasteiger partial charge in [-0.05, 0) is 67.0 Å². The maximum Gasteiger partial charge on any atom is 0.261 e. The number of ether oxygens (including phenoxy) is 2. The quantitative estimate of drug-likeness (QED) is 0.133.